The van der Waals surface area contributed by atoms with Gasteiger partial charge in [0.1, 0.15) is 0 Å². The average molecular weight is 483 g/mol. The molecule has 1 aromatic carbocycles. The second kappa shape index (κ2) is 9.35. The van der Waals surface area contributed by atoms with E-state index in [9.17, 15) is 13.2 Å². The van der Waals surface area contributed by atoms with Crippen LogP contribution in [0.3, 0.4) is 0 Å². The Morgan fingerprint density at radius 3 is 2.57 bits per heavy atom. The van der Waals surface area contributed by atoms with E-state index in [1.807, 2.05) is 48.8 Å². The Kier molecular flexibility index (Phi) is 7.09. The number of benzene rings is 1. The van der Waals surface area contributed by atoms with Gasteiger partial charge in [-0.1, -0.05) is 30.3 Å². The first-order valence-corrected chi connectivity index (χ1v) is 12.2. The standard InChI is InChI=1S/C20H23BrN2O3S2/c1-22(14-19-13-18(21)15-27-19)20(24)17-7-10-23(11-8-17)28(25,26)12-9-16-5-3-2-4-6-16/h2-6,9,12-13,15,17H,7-8,10-11,14H2,1H3/b12-9+. The Balaban J connectivity index is 1.54. The minimum atomic E-state index is -3.47. The first kappa shape index (κ1) is 21.2. The minimum absolute atomic E-state index is 0.0846. The summed E-state index contributed by atoms with van der Waals surface area (Å²) in [6, 6.07) is 11.4. The average Bonchev–Trinajstić information content (AvgIpc) is 3.11. The van der Waals surface area contributed by atoms with Gasteiger partial charge in [-0.2, -0.15) is 4.31 Å². The molecule has 1 aliphatic rings. The van der Waals surface area contributed by atoms with Crippen molar-refractivity contribution in [3.8, 4) is 0 Å². The molecule has 0 atom stereocenters. The molecule has 0 radical (unpaired) electrons. The van der Waals surface area contributed by atoms with Crippen LogP contribution in [0.5, 0.6) is 0 Å². The summed E-state index contributed by atoms with van der Waals surface area (Å²) < 4.78 is 27.6. The molecule has 8 heteroatoms. The number of piperidine rings is 1. The summed E-state index contributed by atoms with van der Waals surface area (Å²) in [5.41, 5.74) is 0.845. The predicted octanol–water partition coefficient (Wildman–Crippen LogP) is 4.18. The number of rotatable bonds is 6. The maximum atomic E-state index is 12.7. The van der Waals surface area contributed by atoms with Crippen molar-refractivity contribution in [3.05, 3.63) is 62.1 Å². The van der Waals surface area contributed by atoms with Crippen LogP contribution in [0.1, 0.15) is 23.3 Å². The van der Waals surface area contributed by atoms with Crippen molar-refractivity contribution in [1.82, 2.24) is 9.21 Å². The van der Waals surface area contributed by atoms with Gasteiger partial charge >= 0.3 is 0 Å². The summed E-state index contributed by atoms with van der Waals surface area (Å²) in [6.45, 7) is 1.32. The summed E-state index contributed by atoms with van der Waals surface area (Å²) in [5, 5.41) is 3.26. The summed E-state index contributed by atoms with van der Waals surface area (Å²) >= 11 is 5.04. The van der Waals surface area contributed by atoms with Gasteiger partial charge in [-0.25, -0.2) is 8.42 Å². The van der Waals surface area contributed by atoms with Crippen LogP contribution in [0.2, 0.25) is 0 Å². The lowest BCUT2D eigenvalue weighted by Crippen LogP contribution is -2.42. The molecule has 1 fully saturated rings. The van der Waals surface area contributed by atoms with Gasteiger partial charge in [-0.05, 0) is 46.5 Å². The van der Waals surface area contributed by atoms with Gasteiger partial charge in [0.2, 0.25) is 15.9 Å². The quantitative estimate of drug-likeness (QED) is 0.620. The van der Waals surface area contributed by atoms with Gasteiger partial charge in [-0.3, -0.25) is 4.79 Å². The SMILES string of the molecule is CN(Cc1cc(Br)cs1)C(=O)C1CCN(S(=O)(=O)/C=C/c2ccccc2)CC1. The van der Waals surface area contributed by atoms with E-state index in [-0.39, 0.29) is 11.8 Å². The van der Waals surface area contributed by atoms with Crippen LogP contribution in [-0.4, -0.2) is 43.7 Å². The number of carbonyl (C=O) groups is 1. The zero-order valence-electron chi connectivity index (χ0n) is 15.6. The summed E-state index contributed by atoms with van der Waals surface area (Å²) in [5.74, 6) is -0.0423. The lowest BCUT2D eigenvalue weighted by atomic mass is 9.96. The molecule has 0 saturated carbocycles. The molecule has 0 unspecified atom stereocenters. The first-order chi connectivity index (χ1) is 13.3. The van der Waals surface area contributed by atoms with Crippen LogP contribution in [-0.2, 0) is 21.4 Å². The highest BCUT2D eigenvalue weighted by Gasteiger charge is 2.31. The van der Waals surface area contributed by atoms with E-state index in [1.54, 1.807) is 22.3 Å². The number of hydrogen-bond donors (Lipinski definition) is 0. The molecule has 1 saturated heterocycles. The Labute approximate surface area is 178 Å². The molecule has 28 heavy (non-hydrogen) atoms. The Morgan fingerprint density at radius 2 is 1.96 bits per heavy atom. The molecule has 0 N–H and O–H groups in total. The van der Waals surface area contributed by atoms with E-state index in [0.29, 0.717) is 32.5 Å². The number of thiophene rings is 1. The van der Waals surface area contributed by atoms with Crippen LogP contribution in [0.4, 0.5) is 0 Å². The second-order valence-electron chi connectivity index (χ2n) is 6.86. The molecule has 0 spiro atoms. The van der Waals surface area contributed by atoms with Crippen molar-refractivity contribution in [3.63, 3.8) is 0 Å². The monoisotopic (exact) mass is 482 g/mol. The summed E-state index contributed by atoms with van der Waals surface area (Å²) in [7, 11) is -1.67. The van der Waals surface area contributed by atoms with Crippen LogP contribution in [0.25, 0.3) is 6.08 Å². The highest BCUT2D eigenvalue weighted by molar-refractivity contribution is 9.10. The normalized spacial score (nSPS) is 16.5. The van der Waals surface area contributed by atoms with Crippen molar-refractivity contribution >= 4 is 49.3 Å². The topological polar surface area (TPSA) is 57.7 Å². The van der Waals surface area contributed by atoms with Gasteiger partial charge in [0.05, 0.1) is 6.54 Å². The van der Waals surface area contributed by atoms with E-state index in [1.165, 1.54) is 9.71 Å². The number of nitrogens with zero attached hydrogens (tertiary/aromatic N) is 2. The summed E-state index contributed by atoms with van der Waals surface area (Å²) in [6.07, 6.45) is 2.71. The second-order valence-corrected chi connectivity index (χ2v) is 10.6. The van der Waals surface area contributed by atoms with Crippen molar-refractivity contribution in [2.45, 2.75) is 19.4 Å². The number of halogens is 1. The molecule has 3 rings (SSSR count). The predicted molar refractivity (Wildman–Crippen MR) is 117 cm³/mol. The van der Waals surface area contributed by atoms with E-state index in [0.717, 1.165) is 14.9 Å². The zero-order valence-corrected chi connectivity index (χ0v) is 18.8. The van der Waals surface area contributed by atoms with Crippen LogP contribution >= 0.6 is 27.3 Å². The van der Waals surface area contributed by atoms with Gasteiger partial charge in [0.15, 0.2) is 0 Å². The van der Waals surface area contributed by atoms with Crippen molar-refractivity contribution in [2.75, 3.05) is 20.1 Å². The molecular weight excluding hydrogens is 460 g/mol. The highest BCUT2D eigenvalue weighted by Crippen LogP contribution is 2.25. The third-order valence-corrected chi connectivity index (χ3v) is 8.03. The zero-order chi connectivity index (χ0) is 20.1. The fourth-order valence-corrected chi connectivity index (χ4v) is 5.96. The lowest BCUT2D eigenvalue weighted by Gasteiger charge is -2.31. The largest absolute Gasteiger partial charge is 0.340 e. The Morgan fingerprint density at radius 1 is 1.29 bits per heavy atom. The number of hydrogen-bond acceptors (Lipinski definition) is 4. The van der Waals surface area contributed by atoms with E-state index >= 15 is 0 Å². The van der Waals surface area contributed by atoms with Crippen molar-refractivity contribution in [2.24, 2.45) is 5.92 Å². The number of carbonyl (C=O) groups excluding carboxylic acids is 1. The fourth-order valence-electron chi connectivity index (χ4n) is 3.23. The lowest BCUT2D eigenvalue weighted by molar-refractivity contribution is -0.135. The highest BCUT2D eigenvalue weighted by atomic mass is 79.9. The fraction of sp³-hybridized carbons (Fsp3) is 0.350. The third kappa shape index (κ3) is 5.53. The molecule has 150 valence electrons. The molecule has 0 bridgehead atoms. The smallest absolute Gasteiger partial charge is 0.236 e. The number of amides is 1. The molecule has 2 aromatic rings. The first-order valence-electron chi connectivity index (χ1n) is 9.06. The molecule has 5 nitrogen and oxygen atoms in total. The molecular formula is C20H23BrN2O3S2. The van der Waals surface area contributed by atoms with E-state index in [2.05, 4.69) is 15.9 Å². The Bertz CT molecular complexity index is 933. The minimum Gasteiger partial charge on any atom is -0.340 e. The van der Waals surface area contributed by atoms with Gasteiger partial charge in [0.25, 0.3) is 0 Å². The van der Waals surface area contributed by atoms with Crippen LogP contribution < -0.4 is 0 Å². The van der Waals surface area contributed by atoms with E-state index < -0.39 is 10.0 Å². The van der Waals surface area contributed by atoms with Crippen molar-refractivity contribution < 1.29 is 13.2 Å². The van der Waals surface area contributed by atoms with Gasteiger partial charge < -0.3 is 4.90 Å². The maximum absolute atomic E-state index is 12.7. The molecule has 2 heterocycles. The molecule has 1 aliphatic heterocycles. The summed E-state index contributed by atoms with van der Waals surface area (Å²) in [4.78, 5) is 15.6. The Hall–Kier alpha value is -1.48. The van der Waals surface area contributed by atoms with Crippen molar-refractivity contribution in [1.29, 1.82) is 0 Å². The van der Waals surface area contributed by atoms with Crippen LogP contribution in [0.15, 0.2) is 51.7 Å². The maximum Gasteiger partial charge on any atom is 0.236 e. The molecule has 1 amide bonds. The molecule has 0 aliphatic carbocycles. The third-order valence-electron chi connectivity index (χ3n) is 4.79. The van der Waals surface area contributed by atoms with Gasteiger partial charge in [-0.15, -0.1) is 11.3 Å². The number of sulfonamides is 1. The van der Waals surface area contributed by atoms with Crippen LogP contribution in [0, 0.1) is 5.92 Å². The van der Waals surface area contributed by atoms with Gasteiger partial charge in [0, 0.05) is 46.2 Å². The van der Waals surface area contributed by atoms with E-state index in [4.69, 9.17) is 0 Å². The molecule has 1 aromatic heterocycles.